The average Bonchev–Trinajstić information content (AvgIpc) is 2.85. The Kier molecular flexibility index (Phi) is 5.00. The number of nitrogens with one attached hydrogen (secondary N) is 1. The molecule has 0 fully saturated rings. The number of benzene rings is 1. The first kappa shape index (κ1) is 14.8. The van der Waals surface area contributed by atoms with Crippen LogP contribution in [0.25, 0.3) is 0 Å². The van der Waals surface area contributed by atoms with Crippen LogP contribution in [0.2, 0.25) is 10.0 Å². The largest absolute Gasteiger partial charge is 0.433 e. The summed E-state index contributed by atoms with van der Waals surface area (Å²) < 4.78 is 5.03. The molecule has 1 aromatic heterocycles. The van der Waals surface area contributed by atoms with Crippen molar-refractivity contribution in [2.45, 2.75) is 13.0 Å². The Bertz CT molecular complexity index is 613. The first-order valence-electron chi connectivity index (χ1n) is 5.94. The summed E-state index contributed by atoms with van der Waals surface area (Å²) in [5, 5.41) is 14.8. The first-order chi connectivity index (χ1) is 9.56. The number of hydrogen-bond donors (Lipinski definition) is 1. The molecule has 0 atom stereocenters. The Balaban J connectivity index is 1.79. The molecule has 0 spiro atoms. The van der Waals surface area contributed by atoms with Crippen LogP contribution in [-0.4, -0.2) is 11.5 Å². The van der Waals surface area contributed by atoms with Crippen LogP contribution in [0.3, 0.4) is 0 Å². The first-order valence-corrected chi connectivity index (χ1v) is 6.69. The highest BCUT2D eigenvalue weighted by Gasteiger charge is 2.11. The zero-order chi connectivity index (χ0) is 14.5. The molecule has 20 heavy (non-hydrogen) atoms. The van der Waals surface area contributed by atoms with Crippen LogP contribution in [0, 0.1) is 10.1 Å². The normalized spacial score (nSPS) is 10.7. The molecule has 5 nitrogen and oxygen atoms in total. The van der Waals surface area contributed by atoms with E-state index in [9.17, 15) is 10.1 Å². The van der Waals surface area contributed by atoms with E-state index in [-0.39, 0.29) is 5.88 Å². The second kappa shape index (κ2) is 6.74. The van der Waals surface area contributed by atoms with E-state index >= 15 is 0 Å². The highest BCUT2D eigenvalue weighted by molar-refractivity contribution is 6.35. The van der Waals surface area contributed by atoms with Gasteiger partial charge in [-0.2, -0.15) is 0 Å². The number of furan rings is 1. The van der Waals surface area contributed by atoms with Gasteiger partial charge >= 0.3 is 5.88 Å². The third-order valence-electron chi connectivity index (χ3n) is 2.71. The van der Waals surface area contributed by atoms with Crippen molar-refractivity contribution in [2.24, 2.45) is 0 Å². The topological polar surface area (TPSA) is 68.3 Å². The zero-order valence-electron chi connectivity index (χ0n) is 10.4. The summed E-state index contributed by atoms with van der Waals surface area (Å²) in [4.78, 5) is 9.90. The molecule has 7 heteroatoms. The van der Waals surface area contributed by atoms with Gasteiger partial charge in [-0.3, -0.25) is 10.1 Å². The minimum absolute atomic E-state index is 0.248. The van der Waals surface area contributed by atoms with Crippen LogP contribution in [-0.2, 0) is 13.0 Å². The van der Waals surface area contributed by atoms with E-state index in [0.29, 0.717) is 28.9 Å². The lowest BCUT2D eigenvalue weighted by Gasteiger charge is -2.05. The van der Waals surface area contributed by atoms with Crippen molar-refractivity contribution in [2.75, 3.05) is 6.54 Å². The molecule has 0 unspecified atom stereocenters. The van der Waals surface area contributed by atoms with E-state index in [2.05, 4.69) is 5.32 Å². The van der Waals surface area contributed by atoms with Crippen LogP contribution >= 0.6 is 23.2 Å². The van der Waals surface area contributed by atoms with Crippen molar-refractivity contribution < 1.29 is 9.34 Å². The monoisotopic (exact) mass is 314 g/mol. The van der Waals surface area contributed by atoms with E-state index in [0.717, 1.165) is 12.0 Å². The maximum absolute atomic E-state index is 10.5. The van der Waals surface area contributed by atoms with Gasteiger partial charge in [0.2, 0.25) is 0 Å². The van der Waals surface area contributed by atoms with E-state index in [4.69, 9.17) is 27.6 Å². The minimum atomic E-state index is -0.559. The number of hydrogen-bond acceptors (Lipinski definition) is 4. The fourth-order valence-electron chi connectivity index (χ4n) is 1.72. The molecule has 0 amide bonds. The number of rotatable bonds is 6. The third kappa shape index (κ3) is 3.96. The van der Waals surface area contributed by atoms with E-state index < -0.39 is 4.92 Å². The predicted molar refractivity (Wildman–Crippen MR) is 77.2 cm³/mol. The summed E-state index contributed by atoms with van der Waals surface area (Å²) in [6.07, 6.45) is 0.735. The van der Waals surface area contributed by atoms with Gasteiger partial charge in [-0.1, -0.05) is 29.3 Å². The molecule has 0 saturated carbocycles. The fraction of sp³-hybridized carbons (Fsp3) is 0.231. The van der Waals surface area contributed by atoms with Crippen molar-refractivity contribution >= 4 is 29.1 Å². The van der Waals surface area contributed by atoms with Crippen LogP contribution in [0.4, 0.5) is 5.88 Å². The molecule has 2 rings (SSSR count). The number of nitro groups is 1. The molecule has 0 aliphatic rings. The second-order valence-electron chi connectivity index (χ2n) is 4.16. The van der Waals surface area contributed by atoms with Crippen molar-refractivity contribution in [3.63, 3.8) is 0 Å². The van der Waals surface area contributed by atoms with Gasteiger partial charge in [-0.25, -0.2) is 0 Å². The molecule has 1 N–H and O–H groups in total. The Morgan fingerprint density at radius 3 is 2.70 bits per heavy atom. The highest BCUT2D eigenvalue weighted by Crippen LogP contribution is 2.21. The minimum Gasteiger partial charge on any atom is -0.404 e. The lowest BCUT2D eigenvalue weighted by molar-refractivity contribution is -0.402. The molecular formula is C13H12Cl2N2O3. The van der Waals surface area contributed by atoms with Crippen LogP contribution < -0.4 is 5.32 Å². The molecule has 0 radical (unpaired) electrons. The van der Waals surface area contributed by atoms with Gasteiger partial charge in [0.05, 0.1) is 12.6 Å². The maximum atomic E-state index is 10.5. The van der Waals surface area contributed by atoms with Gasteiger partial charge in [0.25, 0.3) is 0 Å². The molecule has 1 heterocycles. The summed E-state index contributed by atoms with van der Waals surface area (Å²) in [5.41, 5.74) is 0.994. The summed E-state index contributed by atoms with van der Waals surface area (Å²) in [7, 11) is 0. The molecule has 0 saturated heterocycles. The van der Waals surface area contributed by atoms with E-state index in [1.165, 1.54) is 6.07 Å². The standard InChI is InChI=1S/C13H12Cl2N2O3/c14-10-2-1-9(12(15)7-10)5-6-16-8-11-3-4-13(20-11)17(18)19/h1-4,7,16H,5-6,8H2. The van der Waals surface area contributed by atoms with Gasteiger partial charge < -0.3 is 9.73 Å². The van der Waals surface area contributed by atoms with Crippen LogP contribution in [0.5, 0.6) is 0 Å². The third-order valence-corrected chi connectivity index (χ3v) is 3.30. The van der Waals surface area contributed by atoms with E-state index in [1.807, 2.05) is 6.07 Å². The van der Waals surface area contributed by atoms with Crippen molar-refractivity contribution in [1.82, 2.24) is 5.32 Å². The summed E-state index contributed by atoms with van der Waals surface area (Å²) in [6, 6.07) is 8.30. The van der Waals surface area contributed by atoms with E-state index in [1.54, 1.807) is 18.2 Å². The second-order valence-corrected chi connectivity index (χ2v) is 5.00. The Hall–Kier alpha value is -1.56. The van der Waals surface area contributed by atoms with Gasteiger partial charge in [0, 0.05) is 10.0 Å². The van der Waals surface area contributed by atoms with Gasteiger partial charge in [-0.05, 0) is 36.7 Å². The van der Waals surface area contributed by atoms with Gasteiger partial charge in [0.15, 0.2) is 0 Å². The van der Waals surface area contributed by atoms with Crippen LogP contribution in [0.1, 0.15) is 11.3 Å². The molecule has 0 aliphatic heterocycles. The lowest BCUT2D eigenvalue weighted by Crippen LogP contribution is -2.16. The SMILES string of the molecule is O=[N+]([O-])c1ccc(CNCCc2ccc(Cl)cc2Cl)o1. The summed E-state index contributed by atoms with van der Waals surface area (Å²) in [5.74, 6) is 0.279. The molecular weight excluding hydrogens is 303 g/mol. The maximum Gasteiger partial charge on any atom is 0.433 e. The quantitative estimate of drug-likeness (QED) is 0.500. The summed E-state index contributed by atoms with van der Waals surface area (Å²) in [6.45, 7) is 1.11. The van der Waals surface area contributed by atoms with Gasteiger partial charge in [-0.15, -0.1) is 0 Å². The molecule has 1 aromatic carbocycles. The zero-order valence-corrected chi connectivity index (χ0v) is 11.9. The van der Waals surface area contributed by atoms with Crippen molar-refractivity contribution in [3.05, 3.63) is 61.8 Å². The Morgan fingerprint density at radius 2 is 2.05 bits per heavy atom. The molecule has 0 aliphatic carbocycles. The van der Waals surface area contributed by atoms with Gasteiger partial charge in [0.1, 0.15) is 10.7 Å². The number of halogens is 2. The summed E-state index contributed by atoms with van der Waals surface area (Å²) >= 11 is 11.9. The molecule has 0 bridgehead atoms. The lowest BCUT2D eigenvalue weighted by atomic mass is 10.1. The van der Waals surface area contributed by atoms with Crippen LogP contribution in [0.15, 0.2) is 34.7 Å². The number of nitrogens with zero attached hydrogens (tertiary/aromatic N) is 1. The smallest absolute Gasteiger partial charge is 0.404 e. The predicted octanol–water partition coefficient (Wildman–Crippen LogP) is 3.83. The Labute approximate surface area is 125 Å². The van der Waals surface area contributed by atoms with Crippen molar-refractivity contribution in [1.29, 1.82) is 0 Å². The molecule has 2 aromatic rings. The average molecular weight is 315 g/mol. The molecule has 106 valence electrons. The van der Waals surface area contributed by atoms with Crippen molar-refractivity contribution in [3.8, 4) is 0 Å². The fourth-order valence-corrected chi connectivity index (χ4v) is 2.22. The Morgan fingerprint density at radius 1 is 1.25 bits per heavy atom. The highest BCUT2D eigenvalue weighted by atomic mass is 35.5.